The van der Waals surface area contributed by atoms with Gasteiger partial charge in [0, 0.05) is 34.2 Å². The van der Waals surface area contributed by atoms with Gasteiger partial charge in [0.25, 0.3) is 5.91 Å². The fourth-order valence-electron chi connectivity index (χ4n) is 3.48. The number of amides is 1. The first-order chi connectivity index (χ1) is 10.1. The maximum atomic E-state index is 12.6. The second kappa shape index (κ2) is 6.67. The van der Waals surface area contributed by atoms with Crippen LogP contribution in [0.15, 0.2) is 22.7 Å². The van der Waals surface area contributed by atoms with Crippen LogP contribution < -0.4 is 5.32 Å². The molecule has 2 aliphatic rings. The molecule has 2 aliphatic heterocycles. The van der Waals surface area contributed by atoms with Crippen LogP contribution in [0.25, 0.3) is 0 Å². The molecule has 1 amide bonds. The Kier molecular flexibility index (Phi) is 4.87. The van der Waals surface area contributed by atoms with Crippen molar-refractivity contribution in [3.63, 3.8) is 0 Å². The van der Waals surface area contributed by atoms with Crippen LogP contribution in [0.2, 0.25) is 5.02 Å². The second-order valence-corrected chi connectivity index (χ2v) is 7.34. The molecule has 3 rings (SSSR count). The Morgan fingerprint density at radius 2 is 2.00 bits per heavy atom. The lowest BCUT2D eigenvalue weighted by Crippen LogP contribution is -2.43. The van der Waals surface area contributed by atoms with Crippen LogP contribution >= 0.6 is 27.5 Å². The zero-order valence-electron chi connectivity index (χ0n) is 11.9. The van der Waals surface area contributed by atoms with E-state index < -0.39 is 0 Å². The Morgan fingerprint density at radius 1 is 1.24 bits per heavy atom. The van der Waals surface area contributed by atoms with Crippen molar-refractivity contribution in [1.29, 1.82) is 0 Å². The molecular weight excluding hydrogens is 352 g/mol. The van der Waals surface area contributed by atoms with Gasteiger partial charge in [-0.05, 0) is 56.3 Å². The number of benzene rings is 1. The Balaban J connectivity index is 1.62. The predicted molar refractivity (Wildman–Crippen MR) is 88.8 cm³/mol. The van der Waals surface area contributed by atoms with Gasteiger partial charge >= 0.3 is 0 Å². The van der Waals surface area contributed by atoms with Gasteiger partial charge in [0.05, 0.1) is 0 Å². The van der Waals surface area contributed by atoms with E-state index in [0.29, 0.717) is 16.6 Å². The van der Waals surface area contributed by atoms with Crippen LogP contribution in [0.1, 0.15) is 36.0 Å². The highest BCUT2D eigenvalue weighted by Crippen LogP contribution is 2.27. The average Bonchev–Trinajstić information content (AvgIpc) is 3.00. The number of hydrogen-bond acceptors (Lipinski definition) is 2. The van der Waals surface area contributed by atoms with Crippen molar-refractivity contribution >= 4 is 33.4 Å². The summed E-state index contributed by atoms with van der Waals surface area (Å²) in [6.07, 6.45) is 4.79. The lowest BCUT2D eigenvalue weighted by molar-refractivity contribution is 0.0674. The molecule has 0 aromatic heterocycles. The number of halogens is 2. The van der Waals surface area contributed by atoms with Gasteiger partial charge in [-0.3, -0.25) is 4.79 Å². The molecule has 1 aromatic rings. The van der Waals surface area contributed by atoms with Crippen LogP contribution in [0.4, 0.5) is 0 Å². The minimum atomic E-state index is 0.0935. The number of nitrogens with one attached hydrogen (secondary N) is 1. The van der Waals surface area contributed by atoms with Crippen LogP contribution in [0.3, 0.4) is 0 Å². The molecular formula is C16H20BrClN2O. The highest BCUT2D eigenvalue weighted by atomic mass is 79.9. The van der Waals surface area contributed by atoms with Gasteiger partial charge in [-0.2, -0.15) is 0 Å². The summed E-state index contributed by atoms with van der Waals surface area (Å²) in [5, 5.41) is 4.19. The Labute approximate surface area is 139 Å². The maximum Gasteiger partial charge on any atom is 0.253 e. The Bertz CT molecular complexity index is 503. The summed E-state index contributed by atoms with van der Waals surface area (Å²) in [6.45, 7) is 2.86. The van der Waals surface area contributed by atoms with Gasteiger partial charge in [-0.25, -0.2) is 0 Å². The molecule has 1 unspecified atom stereocenters. The number of hydrogen-bond donors (Lipinski definition) is 1. The molecule has 3 nitrogen and oxygen atoms in total. The van der Waals surface area contributed by atoms with E-state index in [9.17, 15) is 4.79 Å². The topological polar surface area (TPSA) is 32.3 Å². The molecule has 0 saturated carbocycles. The molecule has 0 spiro atoms. The Hall–Kier alpha value is -0.580. The minimum absolute atomic E-state index is 0.0935. The van der Waals surface area contributed by atoms with E-state index in [4.69, 9.17) is 11.6 Å². The van der Waals surface area contributed by atoms with E-state index in [1.807, 2.05) is 11.0 Å². The van der Waals surface area contributed by atoms with E-state index in [-0.39, 0.29) is 5.91 Å². The summed E-state index contributed by atoms with van der Waals surface area (Å²) in [7, 11) is 0. The molecule has 0 bridgehead atoms. The summed E-state index contributed by atoms with van der Waals surface area (Å²) < 4.78 is 0.850. The van der Waals surface area contributed by atoms with Crippen LogP contribution in [-0.4, -0.2) is 36.5 Å². The van der Waals surface area contributed by atoms with E-state index in [1.165, 1.54) is 12.8 Å². The second-order valence-electron chi connectivity index (χ2n) is 5.99. The molecule has 1 aromatic carbocycles. The molecule has 0 aliphatic carbocycles. The number of likely N-dealkylation sites (tertiary alicyclic amines) is 1. The van der Waals surface area contributed by atoms with Crippen molar-refractivity contribution in [3.8, 4) is 0 Å². The van der Waals surface area contributed by atoms with Crippen molar-refractivity contribution in [2.24, 2.45) is 5.92 Å². The van der Waals surface area contributed by atoms with Crippen LogP contribution in [0.5, 0.6) is 0 Å². The largest absolute Gasteiger partial charge is 0.339 e. The van der Waals surface area contributed by atoms with Gasteiger partial charge in [-0.15, -0.1) is 0 Å². The van der Waals surface area contributed by atoms with E-state index >= 15 is 0 Å². The number of nitrogens with zero attached hydrogens (tertiary/aromatic N) is 1. The SMILES string of the molecule is O=C(c1cc(Cl)cc(Br)c1)N1CCC(C2CCCN2)CC1. The lowest BCUT2D eigenvalue weighted by Gasteiger charge is -2.35. The van der Waals surface area contributed by atoms with Crippen molar-refractivity contribution in [2.75, 3.05) is 19.6 Å². The number of carbonyl (C=O) groups excluding carboxylic acids is 1. The fraction of sp³-hybridized carbons (Fsp3) is 0.562. The summed E-state index contributed by atoms with van der Waals surface area (Å²) >= 11 is 9.43. The third-order valence-corrected chi connectivity index (χ3v) is 5.28. The third-order valence-electron chi connectivity index (χ3n) is 4.60. The molecule has 1 N–H and O–H groups in total. The monoisotopic (exact) mass is 370 g/mol. The highest BCUT2D eigenvalue weighted by Gasteiger charge is 2.30. The summed E-state index contributed by atoms with van der Waals surface area (Å²) in [5.41, 5.74) is 0.673. The summed E-state index contributed by atoms with van der Waals surface area (Å²) in [5.74, 6) is 0.818. The van der Waals surface area contributed by atoms with E-state index in [2.05, 4.69) is 21.2 Å². The van der Waals surface area contributed by atoms with Crippen molar-refractivity contribution in [3.05, 3.63) is 33.3 Å². The van der Waals surface area contributed by atoms with Gasteiger partial charge in [0.1, 0.15) is 0 Å². The normalized spacial score (nSPS) is 23.5. The number of piperidine rings is 1. The Morgan fingerprint density at radius 3 is 2.62 bits per heavy atom. The van der Waals surface area contributed by atoms with Gasteiger partial charge in [0.15, 0.2) is 0 Å². The first kappa shape index (κ1) is 15.3. The lowest BCUT2D eigenvalue weighted by atomic mass is 9.88. The summed E-state index contributed by atoms with van der Waals surface area (Å²) in [6, 6.07) is 6.07. The molecule has 0 radical (unpaired) electrons. The molecule has 2 fully saturated rings. The van der Waals surface area contributed by atoms with Crippen molar-refractivity contribution in [1.82, 2.24) is 10.2 Å². The van der Waals surface area contributed by atoms with Crippen molar-refractivity contribution in [2.45, 2.75) is 31.7 Å². The molecule has 1 atom stereocenters. The zero-order valence-corrected chi connectivity index (χ0v) is 14.3. The van der Waals surface area contributed by atoms with Crippen LogP contribution in [0, 0.1) is 5.92 Å². The van der Waals surface area contributed by atoms with Gasteiger partial charge in [-0.1, -0.05) is 27.5 Å². The average molecular weight is 372 g/mol. The van der Waals surface area contributed by atoms with E-state index in [0.717, 1.165) is 42.9 Å². The smallest absolute Gasteiger partial charge is 0.253 e. The molecule has 2 saturated heterocycles. The number of carbonyl (C=O) groups is 1. The van der Waals surface area contributed by atoms with Gasteiger partial charge < -0.3 is 10.2 Å². The predicted octanol–water partition coefficient (Wildman–Crippen LogP) is 3.71. The standard InChI is InChI=1S/C16H20BrClN2O/c17-13-8-12(9-14(18)10-13)16(21)20-6-3-11(4-7-20)15-2-1-5-19-15/h8-11,15,19H,1-7H2. The molecule has 2 heterocycles. The van der Waals surface area contributed by atoms with E-state index in [1.54, 1.807) is 12.1 Å². The van der Waals surface area contributed by atoms with Gasteiger partial charge in [0.2, 0.25) is 0 Å². The maximum absolute atomic E-state index is 12.6. The molecule has 5 heteroatoms. The fourth-order valence-corrected chi connectivity index (χ4v) is 4.34. The minimum Gasteiger partial charge on any atom is -0.339 e. The number of rotatable bonds is 2. The first-order valence-corrected chi connectivity index (χ1v) is 8.79. The quantitative estimate of drug-likeness (QED) is 0.859. The molecule has 114 valence electrons. The first-order valence-electron chi connectivity index (χ1n) is 7.62. The molecule has 21 heavy (non-hydrogen) atoms. The highest BCUT2D eigenvalue weighted by molar-refractivity contribution is 9.10. The van der Waals surface area contributed by atoms with Crippen LogP contribution in [-0.2, 0) is 0 Å². The third kappa shape index (κ3) is 3.61. The van der Waals surface area contributed by atoms with Crippen molar-refractivity contribution < 1.29 is 4.79 Å². The zero-order chi connectivity index (χ0) is 14.8. The summed E-state index contributed by atoms with van der Waals surface area (Å²) in [4.78, 5) is 14.5.